The molecule has 0 saturated carbocycles. The maximum absolute atomic E-state index is 12.8. The van der Waals surface area contributed by atoms with E-state index in [2.05, 4.69) is 43.7 Å². The minimum absolute atomic E-state index is 0.0188. The van der Waals surface area contributed by atoms with Gasteiger partial charge in [-0.3, -0.25) is 4.98 Å². The monoisotopic (exact) mass is 514 g/mol. The number of thiazole rings is 1. The van der Waals surface area contributed by atoms with Crippen LogP contribution in [0.2, 0.25) is 0 Å². The van der Waals surface area contributed by atoms with Crippen LogP contribution in [0.15, 0.2) is 42.9 Å². The first-order valence-corrected chi connectivity index (χ1v) is 12.7. The van der Waals surface area contributed by atoms with Crippen LogP contribution < -0.4 is 9.64 Å². The summed E-state index contributed by atoms with van der Waals surface area (Å²) in [6, 6.07) is 5.86. The molecule has 0 bridgehead atoms. The normalized spacial score (nSPS) is 15.9. The highest BCUT2D eigenvalue weighted by Gasteiger charge is 2.32. The van der Waals surface area contributed by atoms with Crippen molar-refractivity contribution >= 4 is 27.6 Å². The predicted molar refractivity (Wildman–Crippen MR) is 132 cm³/mol. The van der Waals surface area contributed by atoms with Gasteiger partial charge in [0.2, 0.25) is 5.95 Å². The molecule has 0 aliphatic carbocycles. The first kappa shape index (κ1) is 24.4. The van der Waals surface area contributed by atoms with E-state index in [9.17, 15) is 13.2 Å². The van der Waals surface area contributed by atoms with Gasteiger partial charge in [-0.05, 0) is 61.9 Å². The molecule has 1 atom stereocenters. The topological polar surface area (TPSA) is 76.9 Å². The fourth-order valence-electron chi connectivity index (χ4n) is 4.24. The van der Waals surface area contributed by atoms with Gasteiger partial charge in [-0.25, -0.2) is 19.9 Å². The average molecular weight is 515 g/mol. The van der Waals surface area contributed by atoms with Gasteiger partial charge < -0.3 is 9.64 Å². The number of nitrogens with zero attached hydrogens (tertiary/aromatic N) is 6. The first-order valence-electron chi connectivity index (χ1n) is 11.8. The summed E-state index contributed by atoms with van der Waals surface area (Å²) in [5.41, 5.74) is 1.93. The van der Waals surface area contributed by atoms with Crippen molar-refractivity contribution < 1.29 is 17.9 Å². The Bertz CT molecular complexity index is 1320. The van der Waals surface area contributed by atoms with E-state index < -0.39 is 11.9 Å². The van der Waals surface area contributed by atoms with Crippen LogP contribution in [-0.2, 0) is 12.6 Å². The van der Waals surface area contributed by atoms with Gasteiger partial charge in [0.05, 0.1) is 5.69 Å². The number of hydrogen-bond acceptors (Lipinski definition) is 8. The number of rotatable bonds is 6. The number of aromatic nitrogens is 5. The molecule has 1 saturated heterocycles. The van der Waals surface area contributed by atoms with Gasteiger partial charge in [0.25, 0.3) is 5.19 Å². The quantitative estimate of drug-likeness (QED) is 0.321. The lowest BCUT2D eigenvalue weighted by Crippen LogP contribution is -2.39. The largest absolute Gasteiger partial charge is 0.467 e. The zero-order valence-electron chi connectivity index (χ0n) is 19.9. The Morgan fingerprint density at radius 1 is 1.03 bits per heavy atom. The number of piperidine rings is 1. The number of pyridine rings is 2. The first-order chi connectivity index (χ1) is 17.3. The highest BCUT2D eigenvalue weighted by Crippen LogP contribution is 2.33. The number of alkyl halides is 3. The lowest BCUT2D eigenvalue weighted by atomic mass is 9.92. The molecule has 5 rings (SSSR count). The molecular weight excluding hydrogens is 489 g/mol. The van der Waals surface area contributed by atoms with E-state index in [1.54, 1.807) is 12.1 Å². The summed E-state index contributed by atoms with van der Waals surface area (Å²) >= 11 is 1.33. The van der Waals surface area contributed by atoms with Crippen molar-refractivity contribution in [3.05, 3.63) is 54.1 Å². The molecule has 4 aromatic heterocycles. The van der Waals surface area contributed by atoms with Crippen LogP contribution in [0.3, 0.4) is 0 Å². The fraction of sp³-hybridized carbons (Fsp3) is 0.400. The summed E-state index contributed by atoms with van der Waals surface area (Å²) in [5.74, 6) is 1.15. The number of ether oxygens (including phenoxy) is 1. The number of aryl methyl sites for hydroxylation is 1. The minimum Gasteiger partial charge on any atom is -0.467 e. The van der Waals surface area contributed by atoms with Crippen LogP contribution in [0.1, 0.15) is 37.9 Å². The van der Waals surface area contributed by atoms with Crippen molar-refractivity contribution in [2.75, 3.05) is 18.0 Å². The summed E-state index contributed by atoms with van der Waals surface area (Å²) in [6.07, 6.45) is 3.33. The Balaban J connectivity index is 1.22. The molecular formula is C25H25F3N6OS. The zero-order valence-corrected chi connectivity index (χ0v) is 20.7. The highest BCUT2D eigenvalue weighted by molar-refractivity contribution is 7.19. The molecule has 7 nitrogen and oxygen atoms in total. The highest BCUT2D eigenvalue weighted by atomic mass is 32.1. The molecule has 0 N–H and O–H groups in total. The minimum atomic E-state index is -4.47. The standard InChI is InChI=1S/C25H25F3N6OS/c1-3-16-12-30-23(31-13-16)34-10-8-17(9-11-34)15(2)35-24-33-20-6-5-19(32-22(20)36-24)18-4-7-21(29-14-18)25(26,27)28/h4-7,12-15,17H,3,8-11H2,1-2H3. The van der Waals surface area contributed by atoms with Crippen molar-refractivity contribution in [1.82, 2.24) is 24.9 Å². The SMILES string of the molecule is CCc1cnc(N2CCC(C(C)Oc3nc4ccc(-c5ccc(C(F)(F)F)nc5)nc4s3)CC2)nc1. The van der Waals surface area contributed by atoms with E-state index in [-0.39, 0.29) is 6.10 Å². The van der Waals surface area contributed by atoms with E-state index in [4.69, 9.17) is 4.74 Å². The molecule has 1 fully saturated rings. The summed E-state index contributed by atoms with van der Waals surface area (Å²) in [7, 11) is 0. The molecule has 0 amide bonds. The molecule has 11 heteroatoms. The van der Waals surface area contributed by atoms with Gasteiger partial charge in [0, 0.05) is 37.2 Å². The number of hydrogen-bond donors (Lipinski definition) is 0. The molecule has 4 aromatic rings. The molecule has 0 aromatic carbocycles. The molecule has 188 valence electrons. The van der Waals surface area contributed by atoms with Crippen molar-refractivity contribution in [2.45, 2.75) is 45.4 Å². The second-order valence-electron chi connectivity index (χ2n) is 8.82. The Kier molecular flexibility index (Phi) is 6.74. The van der Waals surface area contributed by atoms with Crippen LogP contribution in [-0.4, -0.2) is 44.1 Å². The molecule has 1 aliphatic heterocycles. The maximum atomic E-state index is 12.8. The molecule has 0 spiro atoms. The van der Waals surface area contributed by atoms with E-state index >= 15 is 0 Å². The zero-order chi connectivity index (χ0) is 25.3. The van der Waals surface area contributed by atoms with E-state index in [1.165, 1.54) is 23.6 Å². The van der Waals surface area contributed by atoms with Crippen LogP contribution in [0, 0.1) is 5.92 Å². The van der Waals surface area contributed by atoms with Crippen molar-refractivity contribution in [2.24, 2.45) is 5.92 Å². The summed E-state index contributed by atoms with van der Waals surface area (Å²) in [5, 5.41) is 0.536. The van der Waals surface area contributed by atoms with Crippen LogP contribution in [0.4, 0.5) is 19.1 Å². The van der Waals surface area contributed by atoms with Gasteiger partial charge in [-0.1, -0.05) is 18.3 Å². The van der Waals surface area contributed by atoms with Crippen LogP contribution >= 0.6 is 11.3 Å². The van der Waals surface area contributed by atoms with Crippen molar-refractivity contribution in [3.8, 4) is 16.5 Å². The van der Waals surface area contributed by atoms with Gasteiger partial charge in [0.1, 0.15) is 22.1 Å². The van der Waals surface area contributed by atoms with E-state index in [0.717, 1.165) is 49.9 Å². The Labute approximate surface area is 210 Å². The van der Waals surface area contributed by atoms with Crippen LogP contribution in [0.5, 0.6) is 5.19 Å². The number of halogens is 3. The average Bonchev–Trinajstić information content (AvgIpc) is 3.30. The predicted octanol–water partition coefficient (Wildman–Crippen LogP) is 5.81. The smallest absolute Gasteiger partial charge is 0.433 e. The molecule has 1 aliphatic rings. The van der Waals surface area contributed by atoms with Crippen molar-refractivity contribution in [3.63, 3.8) is 0 Å². The molecule has 36 heavy (non-hydrogen) atoms. The molecule has 0 radical (unpaired) electrons. The number of fused-ring (bicyclic) bond motifs is 1. The summed E-state index contributed by atoms with van der Waals surface area (Å²) < 4.78 is 44.6. The van der Waals surface area contributed by atoms with Gasteiger partial charge in [0.15, 0.2) is 0 Å². The molecule has 5 heterocycles. The number of anilines is 1. The van der Waals surface area contributed by atoms with Gasteiger partial charge in [-0.15, -0.1) is 0 Å². The van der Waals surface area contributed by atoms with E-state index in [0.29, 0.717) is 32.7 Å². The van der Waals surface area contributed by atoms with Gasteiger partial charge in [-0.2, -0.15) is 13.2 Å². The second kappa shape index (κ2) is 9.96. The third-order valence-electron chi connectivity index (χ3n) is 6.46. The lowest BCUT2D eigenvalue weighted by molar-refractivity contribution is -0.141. The summed E-state index contributed by atoms with van der Waals surface area (Å²) in [4.78, 5) is 24.5. The lowest BCUT2D eigenvalue weighted by Gasteiger charge is -2.34. The third-order valence-corrected chi connectivity index (χ3v) is 7.31. The van der Waals surface area contributed by atoms with Crippen molar-refractivity contribution in [1.29, 1.82) is 0 Å². The Hall–Kier alpha value is -3.34. The van der Waals surface area contributed by atoms with Crippen LogP contribution in [0.25, 0.3) is 21.6 Å². The molecule has 1 unspecified atom stereocenters. The Morgan fingerprint density at radius 2 is 1.78 bits per heavy atom. The maximum Gasteiger partial charge on any atom is 0.433 e. The second-order valence-corrected chi connectivity index (χ2v) is 9.76. The summed E-state index contributed by atoms with van der Waals surface area (Å²) in [6.45, 7) is 5.89. The Morgan fingerprint density at radius 3 is 2.42 bits per heavy atom. The fourth-order valence-corrected chi connectivity index (χ4v) is 5.11. The third kappa shape index (κ3) is 5.25. The van der Waals surface area contributed by atoms with Gasteiger partial charge >= 0.3 is 6.18 Å². The van der Waals surface area contributed by atoms with E-state index in [1.807, 2.05) is 12.4 Å².